The van der Waals surface area contributed by atoms with Gasteiger partial charge in [0.25, 0.3) is 0 Å². The molecular weight excluding hydrogens is 282 g/mol. The van der Waals surface area contributed by atoms with E-state index in [9.17, 15) is 4.79 Å². The third-order valence-electron chi connectivity index (χ3n) is 2.32. The average molecular weight is 296 g/mol. The van der Waals surface area contributed by atoms with Crippen LogP contribution >= 0.6 is 15.9 Å². The first kappa shape index (κ1) is 13.6. The molecule has 0 aliphatic heterocycles. The number of carboxylic acid groups (broad SMARTS) is 1. The summed E-state index contributed by atoms with van der Waals surface area (Å²) >= 11 is 3.23. The minimum atomic E-state index is -0.953. The molecule has 0 aliphatic rings. The Hall–Kier alpha value is -1.47. The molecule has 90 valence electrons. The predicted octanol–water partition coefficient (Wildman–Crippen LogP) is 3.36. The van der Waals surface area contributed by atoms with E-state index in [1.807, 2.05) is 0 Å². The molecule has 0 fully saturated rings. The molecule has 1 aromatic carbocycles. The second-order valence-corrected chi connectivity index (χ2v) is 4.51. The molecular formula is C13H14BrNO2. The summed E-state index contributed by atoms with van der Waals surface area (Å²) in [6.07, 6.45) is 7.28. The fraction of sp³-hybridized carbons (Fsp3) is 0.308. The largest absolute Gasteiger partial charge is 0.478 e. The molecule has 1 aromatic rings. The van der Waals surface area contributed by atoms with E-state index in [-0.39, 0.29) is 11.6 Å². The topological polar surface area (TPSA) is 49.3 Å². The average Bonchev–Trinajstić information content (AvgIpc) is 2.28. The molecule has 2 N–H and O–H groups in total. The Morgan fingerprint density at radius 2 is 2.35 bits per heavy atom. The number of carboxylic acids is 1. The molecule has 0 bridgehead atoms. The van der Waals surface area contributed by atoms with Crippen molar-refractivity contribution in [3.63, 3.8) is 0 Å². The van der Waals surface area contributed by atoms with E-state index in [4.69, 9.17) is 11.5 Å². The van der Waals surface area contributed by atoms with E-state index in [0.717, 1.165) is 18.5 Å². The zero-order chi connectivity index (χ0) is 12.8. The SMILES string of the molecule is C#CC(CCC)Nc1ccc(C(=O)O)c(Br)c1. The summed E-state index contributed by atoms with van der Waals surface area (Å²) in [5.41, 5.74) is 1.06. The maximum absolute atomic E-state index is 10.8. The van der Waals surface area contributed by atoms with E-state index in [0.29, 0.717) is 4.47 Å². The summed E-state index contributed by atoms with van der Waals surface area (Å²) in [6.45, 7) is 2.06. The van der Waals surface area contributed by atoms with Gasteiger partial charge in [0.1, 0.15) is 0 Å². The Morgan fingerprint density at radius 3 is 2.82 bits per heavy atom. The van der Waals surface area contributed by atoms with Gasteiger partial charge in [-0.15, -0.1) is 6.42 Å². The summed E-state index contributed by atoms with van der Waals surface area (Å²) in [5, 5.41) is 12.1. The van der Waals surface area contributed by atoms with E-state index >= 15 is 0 Å². The molecule has 4 heteroatoms. The van der Waals surface area contributed by atoms with Gasteiger partial charge < -0.3 is 10.4 Å². The number of benzene rings is 1. The fourth-order valence-electron chi connectivity index (χ4n) is 1.47. The van der Waals surface area contributed by atoms with Gasteiger partial charge in [0.2, 0.25) is 0 Å². The first-order chi connectivity index (χ1) is 8.08. The molecule has 0 radical (unpaired) electrons. The van der Waals surface area contributed by atoms with Gasteiger partial charge in [-0.2, -0.15) is 0 Å². The predicted molar refractivity (Wildman–Crippen MR) is 72.3 cm³/mol. The van der Waals surface area contributed by atoms with Crippen LogP contribution in [0.2, 0.25) is 0 Å². The number of hydrogen-bond donors (Lipinski definition) is 2. The highest BCUT2D eigenvalue weighted by atomic mass is 79.9. The van der Waals surface area contributed by atoms with E-state index in [1.165, 1.54) is 0 Å². The van der Waals surface area contributed by atoms with Crippen molar-refractivity contribution >= 4 is 27.6 Å². The number of aromatic carboxylic acids is 1. The Morgan fingerprint density at radius 1 is 1.65 bits per heavy atom. The molecule has 0 heterocycles. The number of anilines is 1. The molecule has 0 spiro atoms. The van der Waals surface area contributed by atoms with Gasteiger partial charge >= 0.3 is 5.97 Å². The lowest BCUT2D eigenvalue weighted by atomic mass is 10.1. The van der Waals surface area contributed by atoms with Gasteiger partial charge in [-0.3, -0.25) is 0 Å². The van der Waals surface area contributed by atoms with Crippen molar-refractivity contribution < 1.29 is 9.90 Å². The van der Waals surface area contributed by atoms with Crippen LogP contribution in [0.25, 0.3) is 0 Å². The number of halogens is 1. The highest BCUT2D eigenvalue weighted by Gasteiger charge is 2.09. The van der Waals surface area contributed by atoms with Crippen LogP contribution in [0.3, 0.4) is 0 Å². The van der Waals surface area contributed by atoms with Gasteiger partial charge in [-0.05, 0) is 40.5 Å². The van der Waals surface area contributed by atoms with Crippen molar-refractivity contribution in [2.24, 2.45) is 0 Å². The van der Waals surface area contributed by atoms with Crippen LogP contribution in [0, 0.1) is 12.3 Å². The minimum absolute atomic E-state index is 0.0254. The summed E-state index contributed by atoms with van der Waals surface area (Å²) in [4.78, 5) is 10.8. The van der Waals surface area contributed by atoms with Crippen LogP contribution in [0.4, 0.5) is 5.69 Å². The van der Waals surface area contributed by atoms with Crippen molar-refractivity contribution in [1.82, 2.24) is 0 Å². The molecule has 0 saturated heterocycles. The van der Waals surface area contributed by atoms with Crippen LogP contribution < -0.4 is 5.32 Å². The first-order valence-corrected chi connectivity index (χ1v) is 6.13. The standard InChI is InChI=1S/C13H14BrNO2/c1-3-5-9(4-2)15-10-6-7-11(13(16)17)12(14)8-10/h2,6-9,15H,3,5H2,1H3,(H,16,17). The summed E-state index contributed by atoms with van der Waals surface area (Å²) in [5.74, 6) is 1.71. The lowest BCUT2D eigenvalue weighted by Gasteiger charge is -2.14. The Bertz CT molecular complexity index is 451. The Labute approximate surface area is 109 Å². The number of hydrogen-bond acceptors (Lipinski definition) is 2. The zero-order valence-corrected chi connectivity index (χ0v) is 11.1. The quantitative estimate of drug-likeness (QED) is 0.819. The maximum atomic E-state index is 10.8. The smallest absolute Gasteiger partial charge is 0.336 e. The highest BCUT2D eigenvalue weighted by molar-refractivity contribution is 9.10. The van der Waals surface area contributed by atoms with E-state index in [2.05, 4.69) is 34.1 Å². The summed E-state index contributed by atoms with van der Waals surface area (Å²) < 4.78 is 0.544. The fourth-order valence-corrected chi connectivity index (χ4v) is 2.01. The van der Waals surface area contributed by atoms with Gasteiger partial charge in [0.15, 0.2) is 0 Å². The molecule has 1 atom stereocenters. The maximum Gasteiger partial charge on any atom is 0.336 e. The third kappa shape index (κ3) is 3.79. The van der Waals surface area contributed by atoms with Crippen molar-refractivity contribution in [1.29, 1.82) is 0 Å². The van der Waals surface area contributed by atoms with Crippen LogP contribution in [-0.2, 0) is 0 Å². The van der Waals surface area contributed by atoms with Gasteiger partial charge in [0, 0.05) is 10.2 Å². The van der Waals surface area contributed by atoms with Crippen LogP contribution in [-0.4, -0.2) is 17.1 Å². The third-order valence-corrected chi connectivity index (χ3v) is 2.98. The summed E-state index contributed by atoms with van der Waals surface area (Å²) in [6, 6.07) is 4.97. The number of carbonyl (C=O) groups is 1. The van der Waals surface area contributed by atoms with Gasteiger partial charge in [-0.25, -0.2) is 4.79 Å². The normalized spacial score (nSPS) is 11.6. The molecule has 0 aromatic heterocycles. The van der Waals surface area contributed by atoms with E-state index < -0.39 is 5.97 Å². The van der Waals surface area contributed by atoms with Crippen molar-refractivity contribution in [3.05, 3.63) is 28.2 Å². The number of rotatable bonds is 5. The lowest BCUT2D eigenvalue weighted by molar-refractivity contribution is 0.0696. The molecule has 1 rings (SSSR count). The van der Waals surface area contributed by atoms with Crippen LogP contribution in [0.15, 0.2) is 22.7 Å². The monoisotopic (exact) mass is 295 g/mol. The first-order valence-electron chi connectivity index (χ1n) is 5.34. The lowest BCUT2D eigenvalue weighted by Crippen LogP contribution is -2.16. The Kier molecular flexibility index (Phi) is 5.05. The van der Waals surface area contributed by atoms with Crippen LogP contribution in [0.5, 0.6) is 0 Å². The summed E-state index contributed by atoms with van der Waals surface area (Å²) in [7, 11) is 0. The molecule has 0 aliphatic carbocycles. The molecule has 0 saturated carbocycles. The van der Waals surface area contributed by atoms with Gasteiger partial charge in [-0.1, -0.05) is 19.3 Å². The van der Waals surface area contributed by atoms with Crippen molar-refractivity contribution in [2.75, 3.05) is 5.32 Å². The van der Waals surface area contributed by atoms with Gasteiger partial charge in [0.05, 0.1) is 11.6 Å². The molecule has 0 amide bonds. The highest BCUT2D eigenvalue weighted by Crippen LogP contribution is 2.22. The number of nitrogens with one attached hydrogen (secondary N) is 1. The second-order valence-electron chi connectivity index (χ2n) is 3.65. The zero-order valence-electron chi connectivity index (χ0n) is 9.53. The molecule has 1 unspecified atom stereocenters. The minimum Gasteiger partial charge on any atom is -0.478 e. The second kappa shape index (κ2) is 6.31. The van der Waals surface area contributed by atoms with Crippen molar-refractivity contribution in [2.45, 2.75) is 25.8 Å². The van der Waals surface area contributed by atoms with E-state index in [1.54, 1.807) is 18.2 Å². The number of terminal acetylenes is 1. The van der Waals surface area contributed by atoms with Crippen LogP contribution in [0.1, 0.15) is 30.1 Å². The van der Waals surface area contributed by atoms with Crippen molar-refractivity contribution in [3.8, 4) is 12.3 Å². The Balaban J connectivity index is 2.84. The molecule has 3 nitrogen and oxygen atoms in total. The molecule has 17 heavy (non-hydrogen) atoms.